The van der Waals surface area contributed by atoms with E-state index in [1.807, 2.05) is 0 Å². The Morgan fingerprint density at radius 3 is 1.96 bits per heavy atom. The Labute approximate surface area is 143 Å². The molecule has 0 bridgehead atoms. The Morgan fingerprint density at radius 1 is 0.913 bits per heavy atom. The van der Waals surface area contributed by atoms with E-state index in [0.717, 1.165) is 6.26 Å². The van der Waals surface area contributed by atoms with E-state index in [4.69, 9.17) is 23.2 Å². The van der Waals surface area contributed by atoms with Crippen LogP contribution in [0.1, 0.15) is 0 Å². The second kappa shape index (κ2) is 7.08. The summed E-state index contributed by atoms with van der Waals surface area (Å²) in [7, 11) is -3.34. The summed E-state index contributed by atoms with van der Waals surface area (Å²) in [6, 6.07) is 10.5. The fourth-order valence-electron chi connectivity index (χ4n) is 1.73. The van der Waals surface area contributed by atoms with Crippen LogP contribution in [-0.4, -0.2) is 20.7 Å². The second-order valence-electron chi connectivity index (χ2n) is 4.63. The number of urea groups is 1. The highest BCUT2D eigenvalue weighted by Gasteiger charge is 2.09. The summed E-state index contributed by atoms with van der Waals surface area (Å²) in [4.78, 5) is 11.9. The predicted molar refractivity (Wildman–Crippen MR) is 94.0 cm³/mol. The molecule has 0 atom stereocenters. The number of nitrogens with one attached hydrogen (secondary N) is 3. The average molecular weight is 374 g/mol. The third-order valence-electron chi connectivity index (χ3n) is 2.65. The highest BCUT2D eigenvalue weighted by Crippen LogP contribution is 2.29. The van der Waals surface area contributed by atoms with E-state index in [1.165, 1.54) is 12.1 Å². The first kappa shape index (κ1) is 17.4. The molecule has 0 radical (unpaired) electrons. The highest BCUT2D eigenvalue weighted by molar-refractivity contribution is 7.92. The Hall–Kier alpha value is -1.96. The number of anilines is 3. The zero-order chi connectivity index (χ0) is 17.0. The van der Waals surface area contributed by atoms with Crippen LogP contribution in [0, 0.1) is 0 Å². The number of carbonyl (C=O) groups excluding carboxylic acids is 1. The molecule has 2 aromatic rings. The average Bonchev–Trinajstić information content (AvgIpc) is 2.44. The Kier molecular flexibility index (Phi) is 5.35. The molecule has 2 aromatic carbocycles. The molecular weight excluding hydrogens is 361 g/mol. The molecule has 0 spiro atoms. The number of sulfonamides is 1. The molecular formula is C14H13Cl2N3O3S. The standard InChI is InChI=1S/C14H13Cl2N3O3S/c1-23(21,22)19-10-7-5-9(6-8-10)17-14(20)18-13-11(15)3-2-4-12(13)16/h2-8,19H,1H3,(H2,17,18,20). The number of halogens is 2. The first-order valence-corrected chi connectivity index (χ1v) is 8.99. The van der Waals surface area contributed by atoms with Crippen molar-refractivity contribution in [1.82, 2.24) is 0 Å². The summed E-state index contributed by atoms with van der Waals surface area (Å²) in [5.41, 5.74) is 1.18. The minimum absolute atomic E-state index is 0.309. The molecule has 122 valence electrons. The fraction of sp³-hybridized carbons (Fsp3) is 0.0714. The number of rotatable bonds is 4. The van der Waals surface area contributed by atoms with Crippen LogP contribution < -0.4 is 15.4 Å². The zero-order valence-electron chi connectivity index (χ0n) is 11.9. The van der Waals surface area contributed by atoms with Crippen molar-refractivity contribution in [3.8, 4) is 0 Å². The molecule has 0 saturated carbocycles. The maximum Gasteiger partial charge on any atom is 0.323 e. The maximum absolute atomic E-state index is 11.9. The molecule has 23 heavy (non-hydrogen) atoms. The van der Waals surface area contributed by atoms with Gasteiger partial charge in [0.25, 0.3) is 0 Å². The number of hydrogen-bond donors (Lipinski definition) is 3. The van der Waals surface area contributed by atoms with Gasteiger partial charge < -0.3 is 10.6 Å². The smallest absolute Gasteiger partial charge is 0.308 e. The number of benzene rings is 2. The van der Waals surface area contributed by atoms with Gasteiger partial charge in [-0.1, -0.05) is 29.3 Å². The molecule has 0 aliphatic rings. The van der Waals surface area contributed by atoms with Crippen molar-refractivity contribution in [3.63, 3.8) is 0 Å². The normalized spacial score (nSPS) is 10.9. The van der Waals surface area contributed by atoms with Crippen molar-refractivity contribution >= 4 is 56.3 Å². The van der Waals surface area contributed by atoms with Crippen LogP contribution in [0.3, 0.4) is 0 Å². The first-order chi connectivity index (χ1) is 10.7. The van der Waals surface area contributed by atoms with Crippen molar-refractivity contribution < 1.29 is 13.2 Å². The van der Waals surface area contributed by atoms with Gasteiger partial charge in [-0.15, -0.1) is 0 Å². The van der Waals surface area contributed by atoms with E-state index in [9.17, 15) is 13.2 Å². The third-order valence-corrected chi connectivity index (χ3v) is 3.88. The summed E-state index contributed by atoms with van der Waals surface area (Å²) >= 11 is 11.9. The maximum atomic E-state index is 11.9. The van der Waals surface area contributed by atoms with Crippen LogP contribution in [-0.2, 0) is 10.0 Å². The van der Waals surface area contributed by atoms with Crippen LogP contribution in [0.2, 0.25) is 10.0 Å². The van der Waals surface area contributed by atoms with Crippen LogP contribution in [0.15, 0.2) is 42.5 Å². The molecule has 0 saturated heterocycles. The van der Waals surface area contributed by atoms with Gasteiger partial charge in [0.15, 0.2) is 0 Å². The summed E-state index contributed by atoms with van der Waals surface area (Å²) in [6.45, 7) is 0. The Bertz CT molecular complexity index is 803. The number of para-hydroxylation sites is 1. The second-order valence-corrected chi connectivity index (χ2v) is 7.19. The quantitative estimate of drug-likeness (QED) is 0.756. The summed E-state index contributed by atoms with van der Waals surface area (Å²) < 4.78 is 24.6. The van der Waals surface area contributed by atoms with Gasteiger partial charge in [-0.3, -0.25) is 4.72 Å². The summed E-state index contributed by atoms with van der Waals surface area (Å²) in [6.07, 6.45) is 1.06. The lowest BCUT2D eigenvalue weighted by atomic mass is 10.3. The molecule has 3 N–H and O–H groups in total. The summed E-state index contributed by atoms with van der Waals surface area (Å²) in [5, 5.41) is 5.78. The SMILES string of the molecule is CS(=O)(=O)Nc1ccc(NC(=O)Nc2c(Cl)cccc2Cl)cc1. The highest BCUT2D eigenvalue weighted by atomic mass is 35.5. The van der Waals surface area contributed by atoms with Crippen molar-refractivity contribution in [3.05, 3.63) is 52.5 Å². The summed E-state index contributed by atoms with van der Waals surface area (Å²) in [5.74, 6) is 0. The molecule has 2 rings (SSSR count). The van der Waals surface area contributed by atoms with Crippen molar-refractivity contribution in [1.29, 1.82) is 0 Å². The van der Waals surface area contributed by atoms with E-state index in [1.54, 1.807) is 30.3 Å². The third kappa shape index (κ3) is 5.31. The molecule has 0 fully saturated rings. The van der Waals surface area contributed by atoms with Crippen LogP contribution in [0.25, 0.3) is 0 Å². The molecule has 0 aliphatic carbocycles. The molecule has 0 unspecified atom stereocenters. The van der Waals surface area contributed by atoms with Gasteiger partial charge in [-0.25, -0.2) is 13.2 Å². The van der Waals surface area contributed by atoms with E-state index < -0.39 is 16.1 Å². The lowest BCUT2D eigenvalue weighted by Gasteiger charge is -2.11. The van der Waals surface area contributed by atoms with E-state index in [2.05, 4.69) is 15.4 Å². The van der Waals surface area contributed by atoms with Crippen molar-refractivity contribution in [2.45, 2.75) is 0 Å². The van der Waals surface area contributed by atoms with Crippen molar-refractivity contribution in [2.24, 2.45) is 0 Å². The van der Waals surface area contributed by atoms with Gasteiger partial charge in [0.1, 0.15) is 0 Å². The molecule has 6 nitrogen and oxygen atoms in total. The van der Waals surface area contributed by atoms with E-state index >= 15 is 0 Å². The van der Waals surface area contributed by atoms with E-state index in [0.29, 0.717) is 27.1 Å². The minimum Gasteiger partial charge on any atom is -0.308 e. The number of amides is 2. The topological polar surface area (TPSA) is 87.3 Å². The number of hydrogen-bond acceptors (Lipinski definition) is 3. The van der Waals surface area contributed by atoms with Gasteiger partial charge >= 0.3 is 6.03 Å². The lowest BCUT2D eigenvalue weighted by Crippen LogP contribution is -2.19. The van der Waals surface area contributed by atoms with Crippen LogP contribution >= 0.6 is 23.2 Å². The van der Waals surface area contributed by atoms with Gasteiger partial charge in [0, 0.05) is 11.4 Å². The molecule has 9 heteroatoms. The van der Waals surface area contributed by atoms with E-state index in [-0.39, 0.29) is 0 Å². The van der Waals surface area contributed by atoms with Crippen LogP contribution in [0.5, 0.6) is 0 Å². The molecule has 0 aliphatic heterocycles. The van der Waals surface area contributed by atoms with Gasteiger partial charge in [-0.2, -0.15) is 0 Å². The van der Waals surface area contributed by atoms with Crippen molar-refractivity contribution in [2.75, 3.05) is 21.6 Å². The van der Waals surface area contributed by atoms with Crippen LogP contribution in [0.4, 0.5) is 21.9 Å². The molecule has 2 amide bonds. The minimum atomic E-state index is -3.34. The Balaban J connectivity index is 2.03. The Morgan fingerprint density at radius 2 is 1.43 bits per heavy atom. The fourth-order valence-corrected chi connectivity index (χ4v) is 2.78. The number of carbonyl (C=O) groups is 1. The largest absolute Gasteiger partial charge is 0.323 e. The van der Waals surface area contributed by atoms with Gasteiger partial charge in [-0.05, 0) is 36.4 Å². The monoisotopic (exact) mass is 373 g/mol. The molecule has 0 aromatic heterocycles. The predicted octanol–water partition coefficient (Wildman–Crippen LogP) is 4.01. The van der Waals surface area contributed by atoms with Gasteiger partial charge in [0.05, 0.1) is 22.0 Å². The lowest BCUT2D eigenvalue weighted by molar-refractivity contribution is 0.262. The zero-order valence-corrected chi connectivity index (χ0v) is 14.3. The molecule has 0 heterocycles. The first-order valence-electron chi connectivity index (χ1n) is 6.34. The van der Waals surface area contributed by atoms with Gasteiger partial charge in [0.2, 0.25) is 10.0 Å².